The summed E-state index contributed by atoms with van der Waals surface area (Å²) in [6.45, 7) is 5.43. The maximum Gasteiger partial charge on any atom is 0.262 e. The topological polar surface area (TPSA) is 126 Å². The highest BCUT2D eigenvalue weighted by Gasteiger charge is 2.45. The molecule has 6 heterocycles. The molecule has 2 aromatic heterocycles. The third kappa shape index (κ3) is 6.40. The number of fused-ring (bicyclic) bond motifs is 4. The van der Waals surface area contributed by atoms with Crippen molar-refractivity contribution in [2.75, 3.05) is 39.3 Å². The van der Waals surface area contributed by atoms with Crippen molar-refractivity contribution < 1.29 is 28.7 Å². The molecular formula is C41H46N6O6. The van der Waals surface area contributed by atoms with Crippen LogP contribution in [0.4, 0.5) is 0 Å². The zero-order valence-corrected chi connectivity index (χ0v) is 30.2. The highest BCUT2D eigenvalue weighted by atomic mass is 16.5. The van der Waals surface area contributed by atoms with Gasteiger partial charge in [-0.2, -0.15) is 0 Å². The number of hydrogen-bond donors (Lipinski definition) is 1. The van der Waals surface area contributed by atoms with Crippen LogP contribution in [0.5, 0.6) is 5.75 Å². The second-order valence-electron chi connectivity index (χ2n) is 15.5. The molecule has 4 amide bonds. The molecule has 1 aliphatic carbocycles. The molecule has 0 spiro atoms. The Morgan fingerprint density at radius 3 is 2.40 bits per heavy atom. The van der Waals surface area contributed by atoms with Crippen LogP contribution >= 0.6 is 0 Å². The molecule has 0 bridgehead atoms. The van der Waals surface area contributed by atoms with Crippen LogP contribution in [0, 0.1) is 0 Å². The molecule has 1 saturated carbocycles. The molecule has 4 fully saturated rings. The lowest BCUT2D eigenvalue weighted by molar-refractivity contribution is -0.136. The van der Waals surface area contributed by atoms with E-state index in [4.69, 9.17) is 9.47 Å². The number of likely N-dealkylation sites (tertiary alicyclic amines) is 2. The molecule has 0 radical (unpaired) electrons. The number of hydrogen-bond acceptors (Lipinski definition) is 9. The molecule has 5 aliphatic rings. The lowest BCUT2D eigenvalue weighted by atomic mass is 9.83. The summed E-state index contributed by atoms with van der Waals surface area (Å²) in [5.41, 5.74) is 4.46. The summed E-state index contributed by atoms with van der Waals surface area (Å²) in [6, 6.07) is 13.7. The SMILES string of the molecule is Cn1c2ccncc2c2ccc(C3CCN(C4CC(OC5CCN(CCOc6ccc7c(c6)C(=O)N(C6CCC(=O)NC6=O)C7=O)CC5)C4)CC3)cc21. The number of nitrogens with one attached hydrogen (secondary N) is 1. The van der Waals surface area contributed by atoms with Gasteiger partial charge in [0.15, 0.2) is 0 Å². The number of benzene rings is 2. The first kappa shape index (κ1) is 34.1. The van der Waals surface area contributed by atoms with Crippen LogP contribution < -0.4 is 10.1 Å². The number of piperidine rings is 3. The first-order chi connectivity index (χ1) is 25.8. The van der Waals surface area contributed by atoms with Crippen molar-refractivity contribution in [1.82, 2.24) is 29.6 Å². The van der Waals surface area contributed by atoms with Crippen LogP contribution in [-0.2, 0) is 21.4 Å². The highest BCUT2D eigenvalue weighted by molar-refractivity contribution is 6.23. The number of pyridine rings is 1. The molecule has 1 atom stereocenters. The average Bonchev–Trinajstić information content (AvgIpc) is 3.58. The molecule has 4 aliphatic heterocycles. The van der Waals surface area contributed by atoms with E-state index in [1.807, 2.05) is 12.4 Å². The minimum atomic E-state index is -0.979. The Kier molecular flexibility index (Phi) is 8.99. The Labute approximate surface area is 308 Å². The summed E-state index contributed by atoms with van der Waals surface area (Å²) in [5.74, 6) is -0.935. The third-order valence-electron chi connectivity index (χ3n) is 12.4. The van der Waals surface area contributed by atoms with Crippen LogP contribution in [0.3, 0.4) is 0 Å². The van der Waals surface area contributed by atoms with Crippen LogP contribution in [0.2, 0.25) is 0 Å². The van der Waals surface area contributed by atoms with Crippen molar-refractivity contribution in [3.8, 4) is 5.75 Å². The van der Waals surface area contributed by atoms with Crippen LogP contribution in [0.15, 0.2) is 54.9 Å². The van der Waals surface area contributed by atoms with Gasteiger partial charge in [0.2, 0.25) is 11.8 Å². The molecule has 3 saturated heterocycles. The second-order valence-corrected chi connectivity index (χ2v) is 15.5. The van der Waals surface area contributed by atoms with Crippen molar-refractivity contribution in [2.24, 2.45) is 7.05 Å². The van der Waals surface area contributed by atoms with Gasteiger partial charge in [0.05, 0.1) is 28.9 Å². The fraction of sp³-hybridized carbons (Fsp3) is 0.488. The van der Waals surface area contributed by atoms with E-state index in [9.17, 15) is 19.2 Å². The Morgan fingerprint density at radius 1 is 0.811 bits per heavy atom. The Morgan fingerprint density at radius 2 is 1.60 bits per heavy atom. The van der Waals surface area contributed by atoms with Gasteiger partial charge < -0.3 is 18.9 Å². The fourth-order valence-electron chi connectivity index (χ4n) is 9.24. The molecular weight excluding hydrogens is 672 g/mol. The van der Waals surface area contributed by atoms with Crippen LogP contribution in [-0.4, -0.2) is 112 Å². The molecule has 1 N–H and O–H groups in total. The summed E-state index contributed by atoms with van der Waals surface area (Å²) in [7, 11) is 2.16. The summed E-state index contributed by atoms with van der Waals surface area (Å²) in [6.07, 6.45) is 11.4. The summed E-state index contributed by atoms with van der Waals surface area (Å²) < 4.78 is 14.9. The Bertz CT molecular complexity index is 2090. The van der Waals surface area contributed by atoms with Gasteiger partial charge in [-0.25, -0.2) is 0 Å². The number of carbonyl (C=O) groups is 4. The van der Waals surface area contributed by atoms with Gasteiger partial charge in [0.1, 0.15) is 18.4 Å². The van der Waals surface area contributed by atoms with E-state index in [-0.39, 0.29) is 24.0 Å². The standard InChI is InChI=1S/C41H46N6O6/c1-44-35-8-13-42-24-34(35)31-4-2-26(20-37(31)44)25-9-16-46(17-10-25)27-21-30(22-27)53-28-11-14-45(15-12-28)18-19-52-29-3-5-32-33(23-29)41(51)47(40(32)50)36-6-7-38(48)43-39(36)49/h2-5,8,13,20,23-25,27-28,30,36H,6-7,9-12,14-19,21-22H2,1H3,(H,43,48,49). The van der Waals surface area contributed by atoms with E-state index in [1.54, 1.807) is 18.2 Å². The quantitative estimate of drug-likeness (QED) is 0.251. The maximum absolute atomic E-state index is 13.1. The van der Waals surface area contributed by atoms with Gasteiger partial charge in [-0.05, 0) is 99.8 Å². The van der Waals surface area contributed by atoms with Crippen LogP contribution in [0.25, 0.3) is 21.8 Å². The first-order valence-electron chi connectivity index (χ1n) is 19.2. The first-order valence-corrected chi connectivity index (χ1v) is 19.2. The Balaban J connectivity index is 0.686. The van der Waals surface area contributed by atoms with E-state index in [0.29, 0.717) is 36.5 Å². The fourth-order valence-corrected chi connectivity index (χ4v) is 9.24. The molecule has 12 nitrogen and oxygen atoms in total. The van der Waals surface area contributed by atoms with Gasteiger partial charge in [-0.1, -0.05) is 12.1 Å². The largest absolute Gasteiger partial charge is 0.492 e. The second kappa shape index (κ2) is 14.0. The zero-order chi connectivity index (χ0) is 36.2. The van der Waals surface area contributed by atoms with Crippen molar-refractivity contribution in [1.29, 1.82) is 0 Å². The van der Waals surface area contributed by atoms with Crippen molar-refractivity contribution in [3.63, 3.8) is 0 Å². The summed E-state index contributed by atoms with van der Waals surface area (Å²) >= 11 is 0. The van der Waals surface area contributed by atoms with E-state index in [2.05, 4.69) is 56.0 Å². The van der Waals surface area contributed by atoms with E-state index < -0.39 is 29.7 Å². The molecule has 9 rings (SSSR count). The van der Waals surface area contributed by atoms with E-state index in [1.165, 1.54) is 40.2 Å². The van der Waals surface area contributed by atoms with Crippen LogP contribution in [0.1, 0.15) is 83.6 Å². The normalized spacial score (nSPS) is 24.9. The molecule has 4 aromatic rings. The number of amides is 4. The minimum absolute atomic E-state index is 0.0906. The lowest BCUT2D eigenvalue weighted by Gasteiger charge is -2.47. The monoisotopic (exact) mass is 718 g/mol. The maximum atomic E-state index is 13.1. The molecule has 1 unspecified atom stereocenters. The molecule has 276 valence electrons. The number of nitrogens with zero attached hydrogens (tertiary/aromatic N) is 5. The van der Waals surface area contributed by atoms with E-state index in [0.717, 1.165) is 63.3 Å². The van der Waals surface area contributed by atoms with Gasteiger partial charge in [-0.3, -0.25) is 39.3 Å². The molecule has 53 heavy (non-hydrogen) atoms. The van der Waals surface area contributed by atoms with Gasteiger partial charge in [0.25, 0.3) is 11.8 Å². The lowest BCUT2D eigenvalue weighted by Crippen LogP contribution is -2.54. The van der Waals surface area contributed by atoms with E-state index >= 15 is 0 Å². The highest BCUT2D eigenvalue weighted by Crippen LogP contribution is 2.38. The predicted molar refractivity (Wildman–Crippen MR) is 198 cm³/mol. The van der Waals surface area contributed by atoms with Crippen molar-refractivity contribution in [3.05, 3.63) is 71.5 Å². The van der Waals surface area contributed by atoms with Crippen molar-refractivity contribution in [2.45, 2.75) is 81.6 Å². The van der Waals surface area contributed by atoms with Gasteiger partial charge in [0, 0.05) is 67.8 Å². The third-order valence-corrected chi connectivity index (χ3v) is 12.4. The van der Waals surface area contributed by atoms with Gasteiger partial charge in [-0.15, -0.1) is 0 Å². The Hall–Kier alpha value is -4.65. The number of rotatable bonds is 9. The number of carbonyl (C=O) groups excluding carboxylic acids is 4. The van der Waals surface area contributed by atoms with Gasteiger partial charge >= 0.3 is 0 Å². The number of ether oxygens (including phenoxy) is 2. The van der Waals surface area contributed by atoms with Crippen molar-refractivity contribution >= 4 is 45.4 Å². The minimum Gasteiger partial charge on any atom is -0.492 e. The molecule has 12 heteroatoms. The predicted octanol–water partition coefficient (Wildman–Crippen LogP) is 4.40. The zero-order valence-electron chi connectivity index (χ0n) is 30.2. The average molecular weight is 719 g/mol. The summed E-state index contributed by atoms with van der Waals surface area (Å²) in [5, 5.41) is 4.73. The smallest absolute Gasteiger partial charge is 0.262 e. The number of imide groups is 2. The summed E-state index contributed by atoms with van der Waals surface area (Å²) in [4.78, 5) is 60.4. The number of aromatic nitrogens is 2. The molecule has 2 aromatic carbocycles. The number of aryl methyl sites for hydroxylation is 1.